The summed E-state index contributed by atoms with van der Waals surface area (Å²) in [6.07, 6.45) is -0.880. The van der Waals surface area contributed by atoms with Crippen LogP contribution in [-0.4, -0.2) is 64.9 Å². The van der Waals surface area contributed by atoms with Crippen LogP contribution in [0, 0.1) is 6.92 Å². The maximum Gasteiger partial charge on any atom is 0.437 e. The molecule has 182 valence electrons. The summed E-state index contributed by atoms with van der Waals surface area (Å²) in [5.41, 5.74) is -1.38. The van der Waals surface area contributed by atoms with E-state index >= 15 is 0 Å². The van der Waals surface area contributed by atoms with E-state index in [2.05, 4.69) is 15.1 Å². The third-order valence-electron chi connectivity index (χ3n) is 3.62. The first-order valence-corrected chi connectivity index (χ1v) is 11.8. The first kappa shape index (κ1) is 26.0. The van der Waals surface area contributed by atoms with Gasteiger partial charge in [-0.1, -0.05) is 0 Å². The minimum atomic E-state index is -3.87. The van der Waals surface area contributed by atoms with Gasteiger partial charge in [-0.2, -0.15) is 15.1 Å². The van der Waals surface area contributed by atoms with E-state index < -0.39 is 38.4 Å². The Balaban J connectivity index is 2.78. The van der Waals surface area contributed by atoms with Crippen LogP contribution in [0.15, 0.2) is 17.3 Å². The zero-order chi connectivity index (χ0) is 25.4. The van der Waals surface area contributed by atoms with Crippen LogP contribution in [0.25, 0.3) is 0 Å². The molecule has 12 nitrogen and oxygen atoms in total. The molecule has 2 aromatic rings. The van der Waals surface area contributed by atoms with E-state index in [4.69, 9.17) is 14.2 Å². The molecular formula is C20H29N5O7S. The topological polar surface area (TPSA) is 143 Å². The molecule has 0 aromatic carbocycles. The van der Waals surface area contributed by atoms with Crippen LogP contribution in [0.3, 0.4) is 0 Å². The van der Waals surface area contributed by atoms with Gasteiger partial charge in [0, 0.05) is 18.4 Å². The number of anilines is 2. The number of carbonyl (C=O) groups is 2. The van der Waals surface area contributed by atoms with E-state index in [-0.39, 0.29) is 17.5 Å². The number of methoxy groups -OCH3 is 1. The Morgan fingerprint density at radius 1 is 1.00 bits per heavy atom. The summed E-state index contributed by atoms with van der Waals surface area (Å²) in [7, 11) is -2.59. The molecule has 1 amide bonds. The number of amides is 1. The number of aromatic nitrogens is 4. The third kappa shape index (κ3) is 6.88. The van der Waals surface area contributed by atoms with Crippen LogP contribution in [0.5, 0.6) is 5.88 Å². The Kier molecular flexibility index (Phi) is 7.07. The second-order valence-corrected chi connectivity index (χ2v) is 11.1. The van der Waals surface area contributed by atoms with Crippen molar-refractivity contribution < 1.29 is 32.2 Å². The van der Waals surface area contributed by atoms with Gasteiger partial charge in [0.15, 0.2) is 11.6 Å². The number of aryl methyl sites for hydroxylation is 1. The van der Waals surface area contributed by atoms with Crippen molar-refractivity contribution in [1.82, 2.24) is 19.7 Å². The van der Waals surface area contributed by atoms with Crippen molar-refractivity contribution in [3.05, 3.63) is 17.8 Å². The highest BCUT2D eigenvalue weighted by Crippen LogP contribution is 2.30. The molecule has 0 bridgehead atoms. The monoisotopic (exact) mass is 483 g/mol. The molecule has 0 aliphatic heterocycles. The summed E-state index contributed by atoms with van der Waals surface area (Å²) in [5.74, 6) is -0.397. The van der Waals surface area contributed by atoms with Crippen molar-refractivity contribution in [2.75, 3.05) is 18.3 Å². The van der Waals surface area contributed by atoms with Crippen LogP contribution in [-0.2, 0) is 19.3 Å². The van der Waals surface area contributed by atoms with Crippen molar-refractivity contribution >= 4 is 33.7 Å². The standard InChI is InChI=1S/C20H29N5O7S/c1-12-10-15(25(23-12)18(27)32-20(5,6)7)24(17(26)31-19(2,3)4)13-11-14(30-8)22-16(21-13)33(9,28)29/h10-11H,1-9H3. The van der Waals surface area contributed by atoms with E-state index in [0.717, 1.165) is 15.8 Å². The van der Waals surface area contributed by atoms with Crippen LogP contribution >= 0.6 is 0 Å². The van der Waals surface area contributed by atoms with Crippen molar-refractivity contribution in [2.24, 2.45) is 0 Å². The van der Waals surface area contributed by atoms with Crippen LogP contribution < -0.4 is 9.64 Å². The highest BCUT2D eigenvalue weighted by molar-refractivity contribution is 7.90. The molecule has 0 saturated heterocycles. The van der Waals surface area contributed by atoms with Gasteiger partial charge in [0.2, 0.25) is 15.7 Å². The summed E-state index contributed by atoms with van der Waals surface area (Å²) >= 11 is 0. The maximum absolute atomic E-state index is 13.2. The van der Waals surface area contributed by atoms with Gasteiger partial charge in [-0.3, -0.25) is 0 Å². The Morgan fingerprint density at radius 3 is 2.06 bits per heavy atom. The Bertz CT molecular complexity index is 1160. The minimum absolute atomic E-state index is 0.0730. The smallest absolute Gasteiger partial charge is 0.437 e. The summed E-state index contributed by atoms with van der Waals surface area (Å²) in [5, 5.41) is 3.56. The fourth-order valence-electron chi connectivity index (χ4n) is 2.47. The highest BCUT2D eigenvalue weighted by atomic mass is 32.2. The zero-order valence-electron chi connectivity index (χ0n) is 20.2. The molecule has 0 aliphatic rings. The van der Waals surface area contributed by atoms with Crippen LogP contribution in [0.2, 0.25) is 0 Å². The zero-order valence-corrected chi connectivity index (χ0v) is 21.0. The number of rotatable bonds is 4. The molecular weight excluding hydrogens is 454 g/mol. The molecule has 0 saturated carbocycles. The van der Waals surface area contributed by atoms with Crippen molar-refractivity contribution in [2.45, 2.75) is 64.8 Å². The predicted octanol–water partition coefficient (Wildman–Crippen LogP) is 3.25. The van der Waals surface area contributed by atoms with Gasteiger partial charge in [0.05, 0.1) is 12.8 Å². The lowest BCUT2D eigenvalue weighted by molar-refractivity contribution is 0.0514. The van der Waals surface area contributed by atoms with Gasteiger partial charge in [0.1, 0.15) is 11.2 Å². The largest absolute Gasteiger partial charge is 0.481 e. The molecule has 0 radical (unpaired) electrons. The number of ether oxygens (including phenoxy) is 3. The van der Waals surface area contributed by atoms with Crippen molar-refractivity contribution in [1.29, 1.82) is 0 Å². The maximum atomic E-state index is 13.2. The normalized spacial score (nSPS) is 12.3. The van der Waals surface area contributed by atoms with Crippen LogP contribution in [0.4, 0.5) is 21.2 Å². The van der Waals surface area contributed by atoms with E-state index in [1.807, 2.05) is 0 Å². The van der Waals surface area contributed by atoms with Gasteiger partial charge in [0.25, 0.3) is 5.16 Å². The lowest BCUT2D eigenvalue weighted by atomic mass is 10.2. The molecule has 2 aromatic heterocycles. The van der Waals surface area contributed by atoms with Gasteiger partial charge in [-0.05, 0) is 48.5 Å². The number of hydrogen-bond acceptors (Lipinski definition) is 10. The Morgan fingerprint density at radius 2 is 1.58 bits per heavy atom. The van der Waals surface area contributed by atoms with Gasteiger partial charge < -0.3 is 14.2 Å². The number of hydrogen-bond donors (Lipinski definition) is 0. The number of carbonyl (C=O) groups excluding carboxylic acids is 2. The second kappa shape index (κ2) is 8.96. The van der Waals surface area contributed by atoms with E-state index in [1.54, 1.807) is 48.5 Å². The fourth-order valence-corrected chi connectivity index (χ4v) is 2.99. The lowest BCUT2D eigenvalue weighted by Gasteiger charge is -2.27. The molecule has 2 heterocycles. The first-order chi connectivity index (χ1) is 14.9. The third-order valence-corrected chi connectivity index (χ3v) is 4.47. The highest BCUT2D eigenvalue weighted by Gasteiger charge is 2.33. The average Bonchev–Trinajstić information content (AvgIpc) is 2.99. The molecule has 33 heavy (non-hydrogen) atoms. The summed E-state index contributed by atoms with van der Waals surface area (Å²) in [6.45, 7) is 11.6. The molecule has 2 rings (SSSR count). The van der Waals surface area contributed by atoms with Crippen LogP contribution in [0.1, 0.15) is 47.2 Å². The molecule has 0 N–H and O–H groups in total. The van der Waals surface area contributed by atoms with Gasteiger partial charge in [-0.15, -0.1) is 4.68 Å². The minimum Gasteiger partial charge on any atom is -0.481 e. The molecule has 0 fully saturated rings. The number of sulfone groups is 1. The summed E-state index contributed by atoms with van der Waals surface area (Å²) < 4.78 is 41.1. The quantitative estimate of drug-likeness (QED) is 0.594. The fraction of sp³-hybridized carbons (Fsp3) is 0.550. The van der Waals surface area contributed by atoms with Gasteiger partial charge in [-0.25, -0.2) is 22.9 Å². The van der Waals surface area contributed by atoms with Crippen molar-refractivity contribution in [3.8, 4) is 5.88 Å². The molecule has 0 atom stereocenters. The van der Waals surface area contributed by atoms with Gasteiger partial charge >= 0.3 is 12.2 Å². The molecule has 0 unspecified atom stereocenters. The summed E-state index contributed by atoms with van der Waals surface area (Å²) in [6, 6.07) is 2.67. The SMILES string of the molecule is COc1cc(N(C(=O)OC(C)(C)C)c2cc(C)nn2C(=O)OC(C)(C)C)nc(S(C)(=O)=O)n1. The predicted molar refractivity (Wildman–Crippen MR) is 119 cm³/mol. The number of nitrogens with zero attached hydrogens (tertiary/aromatic N) is 5. The lowest BCUT2D eigenvalue weighted by Crippen LogP contribution is -2.37. The van der Waals surface area contributed by atoms with E-state index in [1.165, 1.54) is 19.2 Å². The molecule has 13 heteroatoms. The Hall–Kier alpha value is -3.22. The van der Waals surface area contributed by atoms with E-state index in [9.17, 15) is 18.0 Å². The molecule has 0 spiro atoms. The second-order valence-electron chi connectivity index (χ2n) is 9.18. The van der Waals surface area contributed by atoms with E-state index in [0.29, 0.717) is 5.69 Å². The Labute approximate surface area is 192 Å². The first-order valence-electron chi connectivity index (χ1n) is 9.87. The molecule has 0 aliphatic carbocycles. The average molecular weight is 484 g/mol. The van der Waals surface area contributed by atoms with Crippen molar-refractivity contribution in [3.63, 3.8) is 0 Å². The summed E-state index contributed by atoms with van der Waals surface area (Å²) in [4.78, 5) is 34.8.